The number of carboxylic acid groups (broad SMARTS) is 1. The molecule has 4 aromatic carbocycles. The second kappa shape index (κ2) is 11.2. The quantitative estimate of drug-likeness (QED) is 0.238. The van der Waals surface area contributed by atoms with Gasteiger partial charge in [-0.15, -0.1) is 0 Å². The summed E-state index contributed by atoms with van der Waals surface area (Å²) in [6.45, 7) is 1.18. The fraction of sp³-hybridized carbons (Fsp3) is 0.121. The number of rotatable bonds is 7. The molecule has 41 heavy (non-hydrogen) atoms. The maximum absolute atomic E-state index is 11.4. The molecule has 4 aromatic rings. The summed E-state index contributed by atoms with van der Waals surface area (Å²) in [5, 5.41) is 10.3. The summed E-state index contributed by atoms with van der Waals surface area (Å²) in [5.74, 6) is 0.604. The summed E-state index contributed by atoms with van der Waals surface area (Å²) in [6.07, 6.45) is 5.91. The highest BCUT2D eigenvalue weighted by Crippen LogP contribution is 2.46. The van der Waals surface area contributed by atoms with E-state index in [1.54, 1.807) is 12.1 Å². The monoisotopic (exact) mass is 583 g/mol. The minimum absolute atomic E-state index is 0.190. The molecule has 1 N–H and O–H groups in total. The van der Waals surface area contributed by atoms with E-state index in [4.69, 9.17) is 27.9 Å². The largest absolute Gasteiger partial charge is 0.478 e. The van der Waals surface area contributed by atoms with Crippen molar-refractivity contribution < 1.29 is 14.6 Å². The van der Waals surface area contributed by atoms with Crippen LogP contribution >= 0.6 is 23.2 Å². The first-order valence-corrected chi connectivity index (χ1v) is 13.9. The number of nitrogens with zero attached hydrogens (tertiary/aromatic N) is 3. The molecule has 0 fully saturated rings. The van der Waals surface area contributed by atoms with E-state index in [0.717, 1.165) is 39.8 Å². The zero-order valence-corrected chi connectivity index (χ0v) is 23.8. The number of allylic oxidation sites excluding steroid dienone is 2. The van der Waals surface area contributed by atoms with Gasteiger partial charge in [-0.25, -0.2) is 4.79 Å². The summed E-state index contributed by atoms with van der Waals surface area (Å²) in [6, 6.07) is 29.0. The standard InChI is InChI=1S/C33H27Cl2N3O3/c1-36-27-10-5-6-11-30(27)41-32(36)13-7-12-31-37(20-22-8-3-2-4-9-22)28-18-25(34)26(35)19-29(28)38(31)21-23-14-16-24(17-15-23)33(39)40/h2-19,31H,20-21H2,1H3,(H,39,40). The van der Waals surface area contributed by atoms with Crippen molar-refractivity contribution in [3.63, 3.8) is 0 Å². The normalized spacial score (nSPS) is 16.8. The van der Waals surface area contributed by atoms with E-state index in [9.17, 15) is 9.90 Å². The van der Waals surface area contributed by atoms with E-state index < -0.39 is 5.97 Å². The van der Waals surface area contributed by atoms with E-state index in [1.807, 2.05) is 90.8 Å². The fourth-order valence-corrected chi connectivity index (χ4v) is 5.55. The molecule has 2 aliphatic rings. The van der Waals surface area contributed by atoms with Crippen LogP contribution in [0.25, 0.3) is 0 Å². The lowest BCUT2D eigenvalue weighted by Crippen LogP contribution is -2.41. The van der Waals surface area contributed by atoms with Gasteiger partial charge in [0.2, 0.25) is 0 Å². The number of ether oxygens (including phenoxy) is 1. The predicted molar refractivity (Wildman–Crippen MR) is 165 cm³/mol. The minimum atomic E-state index is -0.950. The number of fused-ring (bicyclic) bond motifs is 2. The average Bonchev–Trinajstić information content (AvgIpc) is 3.43. The van der Waals surface area contributed by atoms with Crippen LogP contribution in [-0.4, -0.2) is 24.3 Å². The molecule has 6 nitrogen and oxygen atoms in total. The zero-order chi connectivity index (χ0) is 28.5. The predicted octanol–water partition coefficient (Wildman–Crippen LogP) is 7.97. The number of hydrogen-bond acceptors (Lipinski definition) is 5. The Morgan fingerprint density at radius 1 is 0.829 bits per heavy atom. The highest BCUT2D eigenvalue weighted by Gasteiger charge is 2.35. The Balaban J connectivity index is 1.38. The molecule has 8 heteroatoms. The van der Waals surface area contributed by atoms with Gasteiger partial charge in [-0.05, 0) is 59.7 Å². The van der Waals surface area contributed by atoms with E-state index in [1.165, 1.54) is 0 Å². The van der Waals surface area contributed by atoms with Gasteiger partial charge in [0.15, 0.2) is 11.6 Å². The number of benzene rings is 4. The summed E-state index contributed by atoms with van der Waals surface area (Å²) in [7, 11) is 1.98. The number of carboxylic acids is 1. The van der Waals surface area contributed by atoms with E-state index >= 15 is 0 Å². The van der Waals surface area contributed by atoms with Crippen LogP contribution < -0.4 is 19.4 Å². The third-order valence-corrected chi connectivity index (χ3v) is 8.04. The van der Waals surface area contributed by atoms with Gasteiger partial charge < -0.3 is 24.5 Å². The molecule has 206 valence electrons. The molecule has 2 heterocycles. The molecule has 0 spiro atoms. The molecule has 0 bridgehead atoms. The van der Waals surface area contributed by atoms with Crippen LogP contribution in [0.5, 0.6) is 5.75 Å². The SMILES string of the molecule is CN1C(=CC=CC2N(Cc3ccccc3)c3cc(Cl)c(Cl)cc3N2Cc2ccc(C(=O)O)cc2)Oc2ccccc21. The van der Waals surface area contributed by atoms with Crippen LogP contribution in [0, 0.1) is 0 Å². The van der Waals surface area contributed by atoms with Crippen LogP contribution in [0.1, 0.15) is 21.5 Å². The van der Waals surface area contributed by atoms with Gasteiger partial charge in [-0.1, -0.05) is 83.9 Å². The van der Waals surface area contributed by atoms with Crippen molar-refractivity contribution in [2.45, 2.75) is 19.3 Å². The lowest BCUT2D eigenvalue weighted by atomic mass is 10.1. The second-order valence-electron chi connectivity index (χ2n) is 9.93. The van der Waals surface area contributed by atoms with Crippen molar-refractivity contribution in [1.82, 2.24) is 0 Å². The molecule has 0 aromatic heterocycles. The molecular weight excluding hydrogens is 557 g/mol. The molecule has 0 saturated heterocycles. The molecular formula is C33H27Cl2N3O3. The van der Waals surface area contributed by atoms with E-state index in [2.05, 4.69) is 28.0 Å². The van der Waals surface area contributed by atoms with Gasteiger partial charge >= 0.3 is 5.97 Å². The Morgan fingerprint density at radius 2 is 1.41 bits per heavy atom. The van der Waals surface area contributed by atoms with Crippen molar-refractivity contribution in [3.05, 3.63) is 142 Å². The Morgan fingerprint density at radius 3 is 2.02 bits per heavy atom. The summed E-state index contributed by atoms with van der Waals surface area (Å²) < 4.78 is 6.08. The molecule has 6 rings (SSSR count). The van der Waals surface area contributed by atoms with Crippen LogP contribution in [0.4, 0.5) is 17.1 Å². The highest BCUT2D eigenvalue weighted by molar-refractivity contribution is 6.42. The third kappa shape index (κ3) is 5.36. The Kier molecular flexibility index (Phi) is 7.35. The van der Waals surface area contributed by atoms with Crippen LogP contribution in [-0.2, 0) is 13.1 Å². The maximum Gasteiger partial charge on any atom is 0.335 e. The topological polar surface area (TPSA) is 56.2 Å². The van der Waals surface area contributed by atoms with E-state index in [-0.39, 0.29) is 11.7 Å². The van der Waals surface area contributed by atoms with Crippen molar-refractivity contribution in [2.24, 2.45) is 0 Å². The third-order valence-electron chi connectivity index (χ3n) is 7.32. The summed E-state index contributed by atoms with van der Waals surface area (Å²) in [4.78, 5) is 18.0. The molecule has 1 atom stereocenters. The fourth-order valence-electron chi connectivity index (χ4n) is 5.24. The van der Waals surface area contributed by atoms with Gasteiger partial charge in [0, 0.05) is 20.1 Å². The van der Waals surface area contributed by atoms with E-state index in [0.29, 0.717) is 23.1 Å². The van der Waals surface area contributed by atoms with Crippen molar-refractivity contribution >= 4 is 46.2 Å². The minimum Gasteiger partial charge on any atom is -0.478 e. The molecule has 1 unspecified atom stereocenters. The lowest BCUT2D eigenvalue weighted by molar-refractivity contribution is 0.0697. The zero-order valence-electron chi connectivity index (χ0n) is 22.2. The number of carbonyl (C=O) groups is 1. The highest BCUT2D eigenvalue weighted by atomic mass is 35.5. The Labute approximate surface area is 248 Å². The summed E-state index contributed by atoms with van der Waals surface area (Å²) >= 11 is 13.1. The molecule has 2 aliphatic heterocycles. The number of hydrogen-bond donors (Lipinski definition) is 1. The average molecular weight is 585 g/mol. The van der Waals surface area contributed by atoms with Crippen LogP contribution in [0.3, 0.4) is 0 Å². The number of para-hydroxylation sites is 2. The van der Waals surface area contributed by atoms with Crippen LogP contribution in [0.15, 0.2) is 115 Å². The number of aromatic carboxylic acids is 1. The second-order valence-corrected chi connectivity index (χ2v) is 10.7. The number of halogens is 2. The molecule has 0 amide bonds. The first-order chi connectivity index (χ1) is 19.9. The van der Waals surface area contributed by atoms with Crippen molar-refractivity contribution in [1.29, 1.82) is 0 Å². The van der Waals surface area contributed by atoms with Crippen molar-refractivity contribution in [2.75, 3.05) is 21.7 Å². The van der Waals surface area contributed by atoms with Gasteiger partial charge in [-0.2, -0.15) is 0 Å². The molecule has 0 saturated carbocycles. The smallest absolute Gasteiger partial charge is 0.335 e. The number of anilines is 3. The van der Waals surface area contributed by atoms with Gasteiger partial charge in [0.25, 0.3) is 0 Å². The lowest BCUT2D eigenvalue weighted by Gasteiger charge is -2.31. The Hall–Kier alpha value is -4.39. The molecule has 0 radical (unpaired) electrons. The molecule has 0 aliphatic carbocycles. The maximum atomic E-state index is 11.4. The first kappa shape index (κ1) is 26.8. The van der Waals surface area contributed by atoms with Crippen molar-refractivity contribution in [3.8, 4) is 5.75 Å². The first-order valence-electron chi connectivity index (χ1n) is 13.2. The van der Waals surface area contributed by atoms with Gasteiger partial charge in [0.05, 0.1) is 32.7 Å². The van der Waals surface area contributed by atoms with Crippen LogP contribution in [0.2, 0.25) is 10.0 Å². The summed E-state index contributed by atoms with van der Waals surface area (Å²) in [5.41, 5.74) is 5.31. The van der Waals surface area contributed by atoms with Gasteiger partial charge in [0.1, 0.15) is 6.17 Å². The Bertz CT molecular complexity index is 1650. The van der Waals surface area contributed by atoms with Gasteiger partial charge in [-0.3, -0.25) is 0 Å².